The first-order valence-corrected chi connectivity index (χ1v) is 7.57. The van der Waals surface area contributed by atoms with Crippen LogP contribution in [0.1, 0.15) is 22.0 Å². The molecule has 3 aromatic rings. The van der Waals surface area contributed by atoms with Crippen molar-refractivity contribution in [2.75, 3.05) is 0 Å². The maximum absolute atomic E-state index is 12.8. The van der Waals surface area contributed by atoms with Gasteiger partial charge in [0.15, 0.2) is 11.2 Å². The lowest BCUT2D eigenvalue weighted by Crippen LogP contribution is -2.18. The number of hydrogen-bond acceptors (Lipinski definition) is 3. The Bertz CT molecular complexity index is 691. The van der Waals surface area contributed by atoms with Crippen molar-refractivity contribution in [1.29, 1.82) is 0 Å². The molecule has 1 aromatic heterocycles. The number of hydrogen-bond donors (Lipinski definition) is 0. The highest BCUT2D eigenvalue weighted by molar-refractivity contribution is 7.11. The van der Waals surface area contributed by atoms with Gasteiger partial charge in [0.1, 0.15) is 0 Å². The number of thiophene rings is 1. The van der Waals surface area contributed by atoms with Crippen molar-refractivity contribution in [3.63, 3.8) is 0 Å². The van der Waals surface area contributed by atoms with E-state index in [1.807, 2.05) is 78.2 Å². The van der Waals surface area contributed by atoms with E-state index < -0.39 is 6.10 Å². The largest absolute Gasteiger partial charge is 0.468 e. The van der Waals surface area contributed by atoms with Crippen LogP contribution in [0.2, 0.25) is 0 Å². The van der Waals surface area contributed by atoms with Gasteiger partial charge >= 0.3 is 0 Å². The fraction of sp³-hybridized carbons (Fsp3) is 0.0556. The minimum absolute atomic E-state index is 0.0322. The number of benzene rings is 2. The summed E-state index contributed by atoms with van der Waals surface area (Å²) in [6.45, 7) is 0. The second kappa shape index (κ2) is 6.37. The van der Waals surface area contributed by atoms with E-state index in [9.17, 15) is 4.79 Å². The Kier molecular flexibility index (Phi) is 4.12. The average molecular weight is 294 g/mol. The SMILES string of the molecule is O=C(c1ccccc1)C(Oc1cccs1)c1ccccc1. The van der Waals surface area contributed by atoms with Crippen LogP contribution in [0.5, 0.6) is 5.06 Å². The number of rotatable bonds is 5. The molecule has 0 bridgehead atoms. The van der Waals surface area contributed by atoms with E-state index in [0.717, 1.165) is 10.6 Å². The Labute approximate surface area is 127 Å². The Balaban J connectivity index is 1.94. The van der Waals surface area contributed by atoms with Crippen molar-refractivity contribution in [2.45, 2.75) is 6.10 Å². The van der Waals surface area contributed by atoms with Gasteiger partial charge in [0, 0.05) is 11.1 Å². The zero-order valence-corrected chi connectivity index (χ0v) is 12.1. The molecule has 2 nitrogen and oxygen atoms in total. The lowest BCUT2D eigenvalue weighted by molar-refractivity contribution is 0.0799. The van der Waals surface area contributed by atoms with Crippen LogP contribution in [0.4, 0.5) is 0 Å². The fourth-order valence-electron chi connectivity index (χ4n) is 2.10. The van der Waals surface area contributed by atoms with Crippen molar-refractivity contribution in [1.82, 2.24) is 0 Å². The van der Waals surface area contributed by atoms with Crippen molar-refractivity contribution in [3.8, 4) is 5.06 Å². The van der Waals surface area contributed by atoms with E-state index in [1.54, 1.807) is 0 Å². The molecular formula is C18H14O2S. The lowest BCUT2D eigenvalue weighted by Gasteiger charge is -2.17. The number of carbonyl (C=O) groups is 1. The molecule has 21 heavy (non-hydrogen) atoms. The van der Waals surface area contributed by atoms with Crippen LogP contribution >= 0.6 is 11.3 Å². The molecule has 0 spiro atoms. The minimum Gasteiger partial charge on any atom is -0.468 e. The van der Waals surface area contributed by atoms with Gasteiger partial charge in [0.25, 0.3) is 0 Å². The Morgan fingerprint density at radius 1 is 0.857 bits per heavy atom. The molecule has 3 heteroatoms. The fourth-order valence-corrected chi connectivity index (χ4v) is 2.70. The Hall–Kier alpha value is -2.39. The second-order valence-electron chi connectivity index (χ2n) is 4.57. The maximum Gasteiger partial charge on any atom is 0.207 e. The third-order valence-corrected chi connectivity index (χ3v) is 3.89. The number of Topliss-reactive ketones (excluding diaryl/α,β-unsaturated/α-hetero) is 1. The third-order valence-electron chi connectivity index (χ3n) is 3.13. The van der Waals surface area contributed by atoms with Crippen LogP contribution in [0.3, 0.4) is 0 Å². The summed E-state index contributed by atoms with van der Waals surface area (Å²) in [5.41, 5.74) is 1.52. The van der Waals surface area contributed by atoms with Gasteiger partial charge in [-0.25, -0.2) is 0 Å². The van der Waals surface area contributed by atoms with Crippen LogP contribution in [0.25, 0.3) is 0 Å². The summed E-state index contributed by atoms with van der Waals surface area (Å²) >= 11 is 1.48. The van der Waals surface area contributed by atoms with E-state index in [2.05, 4.69) is 0 Å². The zero-order valence-electron chi connectivity index (χ0n) is 11.3. The predicted octanol–water partition coefficient (Wildman–Crippen LogP) is 4.75. The molecule has 0 saturated carbocycles. The molecule has 0 aliphatic rings. The average Bonchev–Trinajstić information content (AvgIpc) is 3.07. The summed E-state index contributed by atoms with van der Waals surface area (Å²) in [7, 11) is 0. The van der Waals surface area contributed by atoms with Gasteiger partial charge in [-0.3, -0.25) is 4.79 Å². The second-order valence-corrected chi connectivity index (χ2v) is 5.48. The molecule has 0 fully saturated rings. The predicted molar refractivity (Wildman–Crippen MR) is 84.9 cm³/mol. The highest BCUT2D eigenvalue weighted by Crippen LogP contribution is 2.28. The summed E-state index contributed by atoms with van der Waals surface area (Å²) in [6.07, 6.45) is -0.618. The molecule has 1 heterocycles. The summed E-state index contributed by atoms with van der Waals surface area (Å²) in [5, 5.41) is 2.68. The first-order valence-electron chi connectivity index (χ1n) is 6.69. The van der Waals surface area contributed by atoms with E-state index in [4.69, 9.17) is 4.74 Å². The quantitative estimate of drug-likeness (QED) is 0.635. The Morgan fingerprint density at radius 2 is 1.52 bits per heavy atom. The minimum atomic E-state index is -0.618. The van der Waals surface area contributed by atoms with Crippen LogP contribution in [-0.2, 0) is 0 Å². The van der Waals surface area contributed by atoms with E-state index >= 15 is 0 Å². The van der Waals surface area contributed by atoms with Gasteiger partial charge in [0.05, 0.1) is 0 Å². The van der Waals surface area contributed by atoms with Gasteiger partial charge in [-0.1, -0.05) is 60.7 Å². The van der Waals surface area contributed by atoms with E-state index in [0.29, 0.717) is 5.56 Å². The number of ether oxygens (including phenoxy) is 1. The molecule has 0 amide bonds. The van der Waals surface area contributed by atoms with Crippen LogP contribution in [-0.4, -0.2) is 5.78 Å². The highest BCUT2D eigenvalue weighted by atomic mass is 32.1. The van der Waals surface area contributed by atoms with Gasteiger partial charge < -0.3 is 4.74 Å². The smallest absolute Gasteiger partial charge is 0.207 e. The summed E-state index contributed by atoms with van der Waals surface area (Å²) < 4.78 is 5.93. The zero-order chi connectivity index (χ0) is 14.5. The molecule has 3 rings (SSSR count). The topological polar surface area (TPSA) is 26.3 Å². The molecule has 1 atom stereocenters. The molecule has 0 radical (unpaired) electrons. The molecular weight excluding hydrogens is 280 g/mol. The molecule has 2 aromatic carbocycles. The maximum atomic E-state index is 12.8. The van der Waals surface area contributed by atoms with Gasteiger partial charge in [-0.2, -0.15) is 0 Å². The summed E-state index contributed by atoms with van der Waals surface area (Å²) in [6, 6.07) is 22.6. The molecule has 1 unspecified atom stereocenters. The van der Waals surface area contributed by atoms with Gasteiger partial charge in [-0.15, -0.1) is 11.3 Å². The Morgan fingerprint density at radius 3 is 2.14 bits per heavy atom. The standard InChI is InChI=1S/C18H14O2S/c19-17(14-8-3-1-4-9-14)18(15-10-5-2-6-11-15)20-16-12-7-13-21-16/h1-13,18H. The monoisotopic (exact) mass is 294 g/mol. The number of ketones is 1. The molecule has 0 saturated heterocycles. The number of carbonyl (C=O) groups excluding carboxylic acids is 1. The van der Waals surface area contributed by atoms with Crippen molar-refractivity contribution < 1.29 is 9.53 Å². The molecule has 104 valence electrons. The van der Waals surface area contributed by atoms with Crippen molar-refractivity contribution in [2.24, 2.45) is 0 Å². The molecule has 0 aliphatic heterocycles. The van der Waals surface area contributed by atoms with Crippen molar-refractivity contribution >= 4 is 17.1 Å². The van der Waals surface area contributed by atoms with Crippen LogP contribution in [0, 0.1) is 0 Å². The normalized spacial score (nSPS) is 11.8. The third kappa shape index (κ3) is 3.20. The van der Waals surface area contributed by atoms with Crippen molar-refractivity contribution in [3.05, 3.63) is 89.3 Å². The van der Waals surface area contributed by atoms with E-state index in [-0.39, 0.29) is 5.78 Å². The van der Waals surface area contributed by atoms with E-state index in [1.165, 1.54) is 11.3 Å². The lowest BCUT2D eigenvalue weighted by atomic mass is 10.00. The van der Waals surface area contributed by atoms with Crippen LogP contribution in [0.15, 0.2) is 78.2 Å². The van der Waals surface area contributed by atoms with Gasteiger partial charge in [-0.05, 0) is 17.5 Å². The highest BCUT2D eigenvalue weighted by Gasteiger charge is 2.24. The van der Waals surface area contributed by atoms with Crippen LogP contribution < -0.4 is 4.74 Å². The summed E-state index contributed by atoms with van der Waals surface area (Å²) in [4.78, 5) is 12.8. The summed E-state index contributed by atoms with van der Waals surface area (Å²) in [5.74, 6) is -0.0322. The van der Waals surface area contributed by atoms with Gasteiger partial charge in [0.2, 0.25) is 5.78 Å². The first-order chi connectivity index (χ1) is 10.3. The first kappa shape index (κ1) is 13.6. The molecule has 0 aliphatic carbocycles. The molecule has 0 N–H and O–H groups in total.